The first kappa shape index (κ1) is 17.5. The Morgan fingerprint density at radius 3 is 2.26 bits per heavy atom. The molecule has 4 atom stereocenters. The van der Waals surface area contributed by atoms with Gasteiger partial charge in [-0.05, 0) is 85.3 Å². The van der Waals surface area contributed by atoms with Gasteiger partial charge in [-0.15, -0.1) is 0 Å². The number of anilines is 1. The largest absolute Gasteiger partial charge is 0.390 e. The number of rotatable bonds is 3. The number of allylic oxidation sites excluding steroid dienone is 2. The van der Waals surface area contributed by atoms with Gasteiger partial charge in [0.1, 0.15) is 0 Å². The maximum Gasteiger partial charge on any atom is 0.157 e. The zero-order valence-corrected chi connectivity index (χ0v) is 16.6. The first-order valence-electron chi connectivity index (χ1n) is 10.6. The van der Waals surface area contributed by atoms with E-state index in [4.69, 9.17) is 0 Å². The van der Waals surface area contributed by atoms with Crippen LogP contribution in [0.4, 0.5) is 5.69 Å². The fourth-order valence-corrected chi connectivity index (χ4v) is 7.07. The van der Waals surface area contributed by atoms with Gasteiger partial charge in [-0.1, -0.05) is 26.0 Å². The highest BCUT2D eigenvalue weighted by Crippen LogP contribution is 2.62. The minimum atomic E-state index is -0.417. The van der Waals surface area contributed by atoms with Crippen LogP contribution in [0.5, 0.6) is 0 Å². The van der Waals surface area contributed by atoms with Gasteiger partial charge < -0.3 is 10.4 Å². The number of carbonyl (C=O) groups excluding carboxylic acids is 1. The van der Waals surface area contributed by atoms with Gasteiger partial charge in [-0.2, -0.15) is 0 Å². The second-order valence-electron chi connectivity index (χ2n) is 10.8. The van der Waals surface area contributed by atoms with E-state index in [1.165, 1.54) is 24.8 Å². The molecule has 3 heteroatoms. The van der Waals surface area contributed by atoms with Crippen LogP contribution in [0.25, 0.3) is 0 Å². The molecule has 0 amide bonds. The fourth-order valence-electron chi connectivity index (χ4n) is 7.07. The van der Waals surface area contributed by atoms with Crippen LogP contribution < -0.4 is 5.32 Å². The molecule has 4 bridgehead atoms. The molecule has 0 saturated heterocycles. The summed E-state index contributed by atoms with van der Waals surface area (Å²) in [5, 5.41) is 14.5. The van der Waals surface area contributed by atoms with E-state index in [-0.39, 0.29) is 16.6 Å². The minimum Gasteiger partial charge on any atom is -0.390 e. The summed E-state index contributed by atoms with van der Waals surface area (Å²) >= 11 is 0. The van der Waals surface area contributed by atoms with Crippen LogP contribution in [0.15, 0.2) is 36.0 Å². The van der Waals surface area contributed by atoms with Crippen molar-refractivity contribution in [2.45, 2.75) is 76.2 Å². The van der Waals surface area contributed by atoms with Gasteiger partial charge in [0.15, 0.2) is 5.78 Å². The molecular formula is C24H31NO2. The Morgan fingerprint density at radius 1 is 1.00 bits per heavy atom. The number of benzene rings is 1. The molecule has 3 nitrogen and oxygen atoms in total. The number of hydrogen-bond donors (Lipinski definition) is 2. The summed E-state index contributed by atoms with van der Waals surface area (Å²) in [4.78, 5) is 12.0. The van der Waals surface area contributed by atoms with Crippen molar-refractivity contribution >= 4 is 11.5 Å². The topological polar surface area (TPSA) is 49.3 Å². The number of ketones is 1. The Morgan fingerprint density at radius 2 is 1.67 bits per heavy atom. The van der Waals surface area contributed by atoms with E-state index < -0.39 is 5.60 Å². The Kier molecular flexibility index (Phi) is 3.69. The summed E-state index contributed by atoms with van der Waals surface area (Å²) < 4.78 is 0. The van der Waals surface area contributed by atoms with Crippen LogP contribution in [-0.4, -0.2) is 16.5 Å². The van der Waals surface area contributed by atoms with E-state index in [0.717, 1.165) is 37.1 Å². The molecule has 6 rings (SSSR count). The lowest BCUT2D eigenvalue weighted by molar-refractivity contribution is -0.137. The van der Waals surface area contributed by atoms with E-state index in [0.29, 0.717) is 18.3 Å². The molecule has 0 aromatic heterocycles. The summed E-state index contributed by atoms with van der Waals surface area (Å²) in [7, 11) is 0. The van der Waals surface area contributed by atoms with Crippen LogP contribution >= 0.6 is 0 Å². The Balaban J connectivity index is 1.36. The van der Waals surface area contributed by atoms with E-state index >= 15 is 0 Å². The standard InChI is InChI=1S/C24H31NO2/c1-22(2)13-20(8-21(26)14-22)25-19-5-3-18(4-6-19)23-9-16-7-17(10-23)12-24(27,11-16)15-23/h3-6,8,16-17,25,27H,7,9-15H2,1-2H3/t16-,17+,23?,24?. The summed E-state index contributed by atoms with van der Waals surface area (Å²) in [6.07, 6.45) is 10.1. The molecule has 4 fully saturated rings. The quantitative estimate of drug-likeness (QED) is 0.796. The molecule has 2 unspecified atom stereocenters. The van der Waals surface area contributed by atoms with Crippen LogP contribution in [0.3, 0.4) is 0 Å². The number of nitrogens with one attached hydrogen (secondary N) is 1. The SMILES string of the molecule is CC1(C)CC(=O)C=C(Nc2ccc(C34C[C@@H]5C[C@@H](CC(O)(C5)C3)C4)cc2)C1. The molecule has 27 heavy (non-hydrogen) atoms. The van der Waals surface area contributed by atoms with Gasteiger partial charge in [0.2, 0.25) is 0 Å². The molecule has 0 spiro atoms. The van der Waals surface area contributed by atoms with Crippen LogP contribution in [-0.2, 0) is 10.2 Å². The lowest BCUT2D eigenvalue weighted by atomic mass is 9.46. The molecule has 1 aromatic carbocycles. The zero-order chi connectivity index (χ0) is 18.9. The monoisotopic (exact) mass is 365 g/mol. The smallest absolute Gasteiger partial charge is 0.157 e. The second kappa shape index (κ2) is 5.70. The molecule has 0 heterocycles. The third-order valence-corrected chi connectivity index (χ3v) is 7.49. The van der Waals surface area contributed by atoms with Crippen LogP contribution in [0, 0.1) is 17.3 Å². The average molecular weight is 366 g/mol. The predicted molar refractivity (Wildman–Crippen MR) is 107 cm³/mol. The van der Waals surface area contributed by atoms with E-state index in [9.17, 15) is 9.90 Å². The van der Waals surface area contributed by atoms with Crippen molar-refractivity contribution in [3.05, 3.63) is 41.6 Å². The van der Waals surface area contributed by atoms with Gasteiger partial charge in [0, 0.05) is 23.9 Å². The van der Waals surface area contributed by atoms with Gasteiger partial charge >= 0.3 is 0 Å². The van der Waals surface area contributed by atoms with Crippen molar-refractivity contribution in [1.29, 1.82) is 0 Å². The van der Waals surface area contributed by atoms with Gasteiger partial charge in [-0.25, -0.2) is 0 Å². The maximum atomic E-state index is 12.0. The molecule has 4 saturated carbocycles. The highest BCUT2D eigenvalue weighted by atomic mass is 16.3. The number of hydrogen-bond acceptors (Lipinski definition) is 3. The zero-order valence-electron chi connectivity index (χ0n) is 16.6. The Hall–Kier alpha value is -1.61. The lowest BCUT2D eigenvalue weighted by Gasteiger charge is -2.60. The first-order chi connectivity index (χ1) is 12.7. The summed E-state index contributed by atoms with van der Waals surface area (Å²) in [6.45, 7) is 4.31. The molecule has 144 valence electrons. The van der Waals surface area contributed by atoms with Crippen LogP contribution in [0.2, 0.25) is 0 Å². The van der Waals surface area contributed by atoms with Crippen molar-refractivity contribution in [2.24, 2.45) is 17.3 Å². The highest BCUT2D eigenvalue weighted by Gasteiger charge is 2.57. The number of carbonyl (C=O) groups is 1. The Labute approximate surface area is 162 Å². The van der Waals surface area contributed by atoms with Gasteiger partial charge in [0.05, 0.1) is 5.60 Å². The fraction of sp³-hybridized carbons (Fsp3) is 0.625. The second-order valence-corrected chi connectivity index (χ2v) is 10.8. The average Bonchev–Trinajstić information content (AvgIpc) is 2.51. The maximum absolute atomic E-state index is 12.0. The molecule has 5 aliphatic carbocycles. The molecule has 1 aromatic rings. The van der Waals surface area contributed by atoms with Crippen molar-refractivity contribution in [1.82, 2.24) is 0 Å². The molecular weight excluding hydrogens is 334 g/mol. The molecule has 5 aliphatic rings. The first-order valence-corrected chi connectivity index (χ1v) is 10.6. The summed E-state index contributed by atoms with van der Waals surface area (Å²) in [6, 6.07) is 8.83. The Bertz CT molecular complexity index is 790. The van der Waals surface area contributed by atoms with E-state index in [2.05, 4.69) is 43.4 Å². The minimum absolute atomic E-state index is 0.0305. The van der Waals surface area contributed by atoms with Crippen molar-refractivity contribution < 1.29 is 9.90 Å². The normalized spacial score (nSPS) is 39.4. The van der Waals surface area contributed by atoms with Crippen molar-refractivity contribution in [2.75, 3.05) is 5.32 Å². The molecule has 2 N–H and O–H groups in total. The highest BCUT2D eigenvalue weighted by molar-refractivity contribution is 5.92. The third kappa shape index (κ3) is 3.14. The third-order valence-electron chi connectivity index (χ3n) is 7.49. The van der Waals surface area contributed by atoms with Gasteiger partial charge in [0.25, 0.3) is 0 Å². The summed E-state index contributed by atoms with van der Waals surface area (Å²) in [5.74, 6) is 1.62. The summed E-state index contributed by atoms with van der Waals surface area (Å²) in [5.41, 5.74) is 3.27. The van der Waals surface area contributed by atoms with Crippen molar-refractivity contribution in [3.8, 4) is 0 Å². The van der Waals surface area contributed by atoms with Crippen LogP contribution in [0.1, 0.15) is 70.8 Å². The van der Waals surface area contributed by atoms with Crippen molar-refractivity contribution in [3.63, 3.8) is 0 Å². The van der Waals surface area contributed by atoms with Gasteiger partial charge in [-0.3, -0.25) is 4.79 Å². The molecule has 0 aliphatic heterocycles. The predicted octanol–water partition coefficient (Wildman–Crippen LogP) is 4.95. The van der Waals surface area contributed by atoms with E-state index in [1.807, 2.05) is 0 Å². The lowest BCUT2D eigenvalue weighted by Crippen LogP contribution is -2.57. The molecule has 0 radical (unpaired) electrons. The number of aliphatic hydroxyl groups is 1. The van der Waals surface area contributed by atoms with E-state index in [1.54, 1.807) is 6.08 Å².